The average Bonchev–Trinajstić information content (AvgIpc) is 2.76. The molecule has 3 aromatic rings. The zero-order chi connectivity index (χ0) is 23.4. The van der Waals surface area contributed by atoms with Gasteiger partial charge in [-0.3, -0.25) is 9.59 Å². The predicted octanol–water partition coefficient (Wildman–Crippen LogP) is 5.12. The number of anilines is 4. The quantitative estimate of drug-likeness (QED) is 0.380. The summed E-state index contributed by atoms with van der Waals surface area (Å²) in [5.74, 6) is -2.08. The first-order valence-corrected chi connectivity index (χ1v) is 10.7. The van der Waals surface area contributed by atoms with Gasteiger partial charge >= 0.3 is 0 Å². The number of carbonyl (C=O) groups excluding carboxylic acids is 1. The lowest BCUT2D eigenvalue weighted by Crippen LogP contribution is -2.30. The van der Waals surface area contributed by atoms with Gasteiger partial charge in [-0.15, -0.1) is 0 Å². The van der Waals surface area contributed by atoms with Crippen molar-refractivity contribution >= 4 is 40.6 Å². The highest BCUT2D eigenvalue weighted by Crippen LogP contribution is 2.35. The molecule has 1 aromatic heterocycles. The van der Waals surface area contributed by atoms with E-state index in [4.69, 9.17) is 0 Å². The molecule has 0 saturated heterocycles. The van der Waals surface area contributed by atoms with Crippen LogP contribution >= 0.6 is 11.9 Å². The molecule has 0 bridgehead atoms. The number of benzene rings is 2. The molecule has 2 N–H and O–H groups in total. The molecule has 0 fully saturated rings. The molecular weight excluding hydrogens is 434 g/mol. The number of halogens is 2. The number of rotatable bonds is 7. The molecular formula is C23H22F2N4O2S. The minimum absolute atomic E-state index is 0.268. The van der Waals surface area contributed by atoms with Gasteiger partial charge in [-0.1, -0.05) is 24.6 Å². The maximum Gasteiger partial charge on any atom is 0.281 e. The lowest BCUT2D eigenvalue weighted by molar-refractivity contribution is 0.0965. The molecule has 0 aliphatic rings. The summed E-state index contributed by atoms with van der Waals surface area (Å²) in [4.78, 5) is 26.7. The van der Waals surface area contributed by atoms with E-state index in [0.717, 1.165) is 28.5 Å². The van der Waals surface area contributed by atoms with Gasteiger partial charge < -0.3 is 14.9 Å². The Balaban J connectivity index is 2.26. The Kier molecular flexibility index (Phi) is 6.99. The molecule has 0 unspecified atom stereocenters. The zero-order valence-corrected chi connectivity index (χ0v) is 18.6. The Morgan fingerprint density at radius 2 is 1.84 bits per heavy atom. The number of pyridine rings is 1. The molecule has 0 radical (unpaired) electrons. The van der Waals surface area contributed by atoms with Gasteiger partial charge in [-0.05, 0) is 42.5 Å². The van der Waals surface area contributed by atoms with Crippen LogP contribution in [-0.4, -0.2) is 30.8 Å². The van der Waals surface area contributed by atoms with E-state index in [1.807, 2.05) is 6.26 Å². The third-order valence-corrected chi connectivity index (χ3v) is 5.10. The van der Waals surface area contributed by atoms with Crippen molar-refractivity contribution in [1.29, 1.82) is 0 Å². The van der Waals surface area contributed by atoms with Gasteiger partial charge in [-0.25, -0.2) is 13.3 Å². The van der Waals surface area contributed by atoms with Gasteiger partial charge in [0.15, 0.2) is 0 Å². The fourth-order valence-electron chi connectivity index (χ4n) is 3.12. The molecule has 0 aliphatic heterocycles. The largest absolute Gasteiger partial charge is 0.373 e. The van der Waals surface area contributed by atoms with E-state index in [2.05, 4.69) is 16.6 Å². The minimum atomic E-state index is -0.747. The van der Waals surface area contributed by atoms with Crippen molar-refractivity contribution < 1.29 is 13.6 Å². The van der Waals surface area contributed by atoms with Crippen LogP contribution in [-0.2, 0) is 0 Å². The van der Waals surface area contributed by atoms with Gasteiger partial charge in [-0.2, -0.15) is 0 Å². The van der Waals surface area contributed by atoms with E-state index in [-0.39, 0.29) is 11.4 Å². The van der Waals surface area contributed by atoms with Gasteiger partial charge in [0.1, 0.15) is 23.0 Å². The summed E-state index contributed by atoms with van der Waals surface area (Å²) in [5, 5.41) is 2.81. The molecule has 0 saturated carbocycles. The number of carbonyl (C=O) groups is 1. The topological polar surface area (TPSA) is 66.4 Å². The molecule has 0 atom stereocenters. The number of allylic oxidation sites excluding steroid dienone is 1. The van der Waals surface area contributed by atoms with E-state index in [1.54, 1.807) is 43.3 Å². The van der Waals surface area contributed by atoms with Crippen molar-refractivity contribution in [2.75, 3.05) is 35.3 Å². The van der Waals surface area contributed by atoms with Crippen molar-refractivity contribution in [1.82, 2.24) is 4.57 Å². The lowest BCUT2D eigenvalue weighted by atomic mass is 10.0. The van der Waals surface area contributed by atoms with Crippen molar-refractivity contribution in [3.63, 3.8) is 0 Å². The Hall–Kier alpha value is -3.59. The van der Waals surface area contributed by atoms with E-state index in [0.29, 0.717) is 16.8 Å². The highest BCUT2D eigenvalue weighted by molar-refractivity contribution is 7.99. The summed E-state index contributed by atoms with van der Waals surface area (Å²) in [6.07, 6.45) is 4.29. The number of para-hydroxylation sites is 1. The molecule has 0 spiro atoms. The summed E-state index contributed by atoms with van der Waals surface area (Å²) in [7, 11) is 3.37. The second kappa shape index (κ2) is 9.69. The third-order valence-electron chi connectivity index (χ3n) is 4.67. The number of hydrogen-bond acceptors (Lipinski definition) is 6. The van der Waals surface area contributed by atoms with Crippen LogP contribution in [0.25, 0.3) is 11.1 Å². The standard InChI is InChI=1S/C23H22F2N4O2S/c1-5-21(30)29-13-14(11-20(23(29)31)28(2)3)16-12-15(27-32-4)9-10-19(16)26-22-17(24)7-6-8-18(22)25/h5-13,26-27H,1H2,2-4H3. The Bertz CT molecular complexity index is 1220. The number of aromatic nitrogens is 1. The van der Waals surface area contributed by atoms with Crippen molar-refractivity contribution in [2.45, 2.75) is 0 Å². The Morgan fingerprint density at radius 1 is 1.16 bits per heavy atom. The average molecular weight is 457 g/mol. The van der Waals surface area contributed by atoms with Crippen LogP contribution in [0.1, 0.15) is 4.79 Å². The van der Waals surface area contributed by atoms with Gasteiger partial charge in [0.2, 0.25) is 0 Å². The fourth-order valence-corrected chi connectivity index (χ4v) is 3.49. The van der Waals surface area contributed by atoms with E-state index in [1.165, 1.54) is 24.2 Å². The van der Waals surface area contributed by atoms with Crippen LogP contribution in [0.4, 0.5) is 31.5 Å². The smallest absolute Gasteiger partial charge is 0.281 e. The summed E-state index contributed by atoms with van der Waals surface area (Å²) in [5.41, 5.74) is 1.60. The summed E-state index contributed by atoms with van der Waals surface area (Å²) in [6.45, 7) is 3.45. The van der Waals surface area contributed by atoms with Crippen LogP contribution in [0, 0.1) is 11.6 Å². The summed E-state index contributed by atoms with van der Waals surface area (Å²) in [6, 6.07) is 10.4. The molecule has 1 heterocycles. The van der Waals surface area contributed by atoms with Gasteiger partial charge in [0, 0.05) is 49.0 Å². The highest BCUT2D eigenvalue weighted by Gasteiger charge is 2.17. The minimum Gasteiger partial charge on any atom is -0.373 e. The highest BCUT2D eigenvalue weighted by atomic mass is 32.2. The maximum atomic E-state index is 14.3. The van der Waals surface area contributed by atoms with Crippen LogP contribution < -0.4 is 20.5 Å². The maximum absolute atomic E-state index is 14.3. The number of nitrogens with one attached hydrogen (secondary N) is 2. The predicted molar refractivity (Wildman–Crippen MR) is 128 cm³/mol. The molecule has 32 heavy (non-hydrogen) atoms. The van der Waals surface area contributed by atoms with Crippen molar-refractivity contribution in [3.05, 3.63) is 83.3 Å². The van der Waals surface area contributed by atoms with Crippen molar-refractivity contribution in [2.24, 2.45) is 0 Å². The third kappa shape index (κ3) is 4.67. The van der Waals surface area contributed by atoms with Gasteiger partial charge in [0.25, 0.3) is 11.5 Å². The first-order chi connectivity index (χ1) is 15.3. The normalized spacial score (nSPS) is 10.5. The van der Waals surface area contributed by atoms with Crippen LogP contribution in [0.5, 0.6) is 0 Å². The van der Waals surface area contributed by atoms with Crippen molar-refractivity contribution in [3.8, 4) is 11.1 Å². The van der Waals surface area contributed by atoms with E-state index >= 15 is 0 Å². The zero-order valence-electron chi connectivity index (χ0n) is 17.8. The monoisotopic (exact) mass is 456 g/mol. The first kappa shape index (κ1) is 23.1. The molecule has 9 heteroatoms. The Labute approximate surface area is 188 Å². The molecule has 0 amide bonds. The summed E-state index contributed by atoms with van der Waals surface area (Å²) < 4.78 is 32.6. The van der Waals surface area contributed by atoms with Crippen LogP contribution in [0.15, 0.2) is 66.1 Å². The molecule has 2 aromatic carbocycles. The van der Waals surface area contributed by atoms with E-state index < -0.39 is 23.1 Å². The van der Waals surface area contributed by atoms with Crippen LogP contribution in [0.2, 0.25) is 0 Å². The summed E-state index contributed by atoms with van der Waals surface area (Å²) >= 11 is 1.37. The lowest BCUT2D eigenvalue weighted by Gasteiger charge is -2.19. The fraction of sp³-hybridized carbons (Fsp3) is 0.130. The molecule has 0 aliphatic carbocycles. The molecule has 166 valence electrons. The number of nitrogens with zero attached hydrogens (tertiary/aromatic N) is 2. The van der Waals surface area contributed by atoms with Crippen LogP contribution in [0.3, 0.4) is 0 Å². The second-order valence-corrected chi connectivity index (χ2v) is 7.63. The SMILES string of the molecule is C=CC(=O)n1cc(-c2cc(NSC)ccc2Nc2c(F)cccc2F)cc(N(C)C)c1=O. The number of hydrogen-bond donors (Lipinski definition) is 2. The molecule has 3 rings (SSSR count). The van der Waals surface area contributed by atoms with E-state index in [9.17, 15) is 18.4 Å². The van der Waals surface area contributed by atoms with Gasteiger partial charge in [0.05, 0.1) is 0 Å². The second-order valence-electron chi connectivity index (χ2n) is 7.01. The Morgan fingerprint density at radius 3 is 2.44 bits per heavy atom. The first-order valence-electron chi connectivity index (χ1n) is 9.52. The molecule has 6 nitrogen and oxygen atoms in total.